The number of ether oxygens (including phenoxy) is 2. The van der Waals surface area contributed by atoms with E-state index in [1.165, 1.54) is 16.7 Å². The lowest BCUT2D eigenvalue weighted by atomic mass is 10.1. The molecule has 0 aliphatic carbocycles. The molecule has 3 aromatic carbocycles. The number of benzene rings is 3. The predicted octanol–water partition coefficient (Wildman–Crippen LogP) is 3.16. The summed E-state index contributed by atoms with van der Waals surface area (Å²) in [5.41, 5.74) is 3.40. The second-order valence-corrected chi connectivity index (χ2v) is 11.7. The molecule has 12 heteroatoms. The summed E-state index contributed by atoms with van der Waals surface area (Å²) in [6.45, 7) is 3.23. The number of carbonyl (C=O) groups is 3. The molecule has 224 valence electrons. The molecule has 1 N–H and O–H groups in total. The molecule has 0 aromatic heterocycles. The molecule has 0 bridgehead atoms. The van der Waals surface area contributed by atoms with Crippen molar-refractivity contribution >= 4 is 51.9 Å². The summed E-state index contributed by atoms with van der Waals surface area (Å²) in [6, 6.07) is 22.2. The van der Waals surface area contributed by atoms with E-state index >= 15 is 0 Å². The number of nitrogens with zero attached hydrogens (tertiary/aromatic N) is 5. The third kappa shape index (κ3) is 5.60. The van der Waals surface area contributed by atoms with Crippen LogP contribution in [-0.2, 0) is 20.9 Å². The molecule has 3 amide bonds. The number of anilines is 1. The van der Waals surface area contributed by atoms with Gasteiger partial charge in [-0.05, 0) is 42.0 Å². The summed E-state index contributed by atoms with van der Waals surface area (Å²) in [7, 11) is 0. The average molecular weight is 611 g/mol. The number of carbonyl (C=O) groups excluding carboxylic acids is 3. The largest absolute Gasteiger partial charge is 0.454 e. The minimum Gasteiger partial charge on any atom is -0.454 e. The highest BCUT2D eigenvalue weighted by molar-refractivity contribution is 8.14. The molecule has 3 aromatic rings. The van der Waals surface area contributed by atoms with Crippen molar-refractivity contribution < 1.29 is 23.9 Å². The Morgan fingerprint density at radius 1 is 0.932 bits per heavy atom. The Bertz CT molecular complexity index is 1670. The van der Waals surface area contributed by atoms with Gasteiger partial charge in [-0.3, -0.25) is 19.4 Å². The number of aliphatic imine (C=N–C) groups is 2. The molecule has 4 aliphatic heterocycles. The summed E-state index contributed by atoms with van der Waals surface area (Å²) >= 11 is 1.23. The first-order chi connectivity index (χ1) is 21.5. The SMILES string of the molecule is O=C(CC1N=C2c3ccccc3N=C(SCC(=O)N3CCN(c4ccccc4)CC3)N2C1=O)NCc1ccc2c(c1)OCO2. The van der Waals surface area contributed by atoms with E-state index in [0.29, 0.717) is 41.3 Å². The molecule has 0 spiro atoms. The van der Waals surface area contributed by atoms with E-state index in [0.717, 1.165) is 29.9 Å². The highest BCUT2D eigenvalue weighted by atomic mass is 32.2. The molecule has 11 nitrogen and oxygen atoms in total. The van der Waals surface area contributed by atoms with Crippen molar-refractivity contribution in [1.29, 1.82) is 0 Å². The highest BCUT2D eigenvalue weighted by Crippen LogP contribution is 2.35. The Hall–Kier alpha value is -4.84. The maximum absolute atomic E-state index is 13.6. The molecule has 1 fully saturated rings. The van der Waals surface area contributed by atoms with E-state index in [1.54, 1.807) is 6.07 Å². The third-order valence-corrected chi connectivity index (χ3v) is 8.85. The van der Waals surface area contributed by atoms with Gasteiger partial charge in [0, 0.05) is 44.0 Å². The van der Waals surface area contributed by atoms with Gasteiger partial charge >= 0.3 is 0 Å². The van der Waals surface area contributed by atoms with Crippen LogP contribution in [0.2, 0.25) is 0 Å². The zero-order chi connectivity index (χ0) is 30.0. The molecular weight excluding hydrogens is 580 g/mol. The number of amides is 3. The molecule has 1 atom stereocenters. The van der Waals surface area contributed by atoms with E-state index in [2.05, 4.69) is 27.3 Å². The summed E-state index contributed by atoms with van der Waals surface area (Å²) in [6.07, 6.45) is -0.103. The topological polar surface area (TPSA) is 116 Å². The van der Waals surface area contributed by atoms with Crippen molar-refractivity contribution in [2.45, 2.75) is 19.0 Å². The van der Waals surface area contributed by atoms with Gasteiger partial charge < -0.3 is 24.6 Å². The van der Waals surface area contributed by atoms with Crippen LogP contribution in [-0.4, -0.2) is 83.3 Å². The van der Waals surface area contributed by atoms with Crippen LogP contribution < -0.4 is 19.7 Å². The van der Waals surface area contributed by atoms with Crippen LogP contribution in [0.4, 0.5) is 11.4 Å². The summed E-state index contributed by atoms with van der Waals surface area (Å²) in [5.74, 6) is 1.28. The first kappa shape index (κ1) is 28.0. The van der Waals surface area contributed by atoms with Gasteiger partial charge in [0.15, 0.2) is 16.7 Å². The van der Waals surface area contributed by atoms with Crippen molar-refractivity contribution in [3.63, 3.8) is 0 Å². The maximum Gasteiger partial charge on any atom is 0.259 e. The van der Waals surface area contributed by atoms with Crippen molar-refractivity contribution in [3.05, 3.63) is 83.9 Å². The number of para-hydroxylation sites is 2. The summed E-state index contributed by atoms with van der Waals surface area (Å²) in [5, 5.41) is 3.27. The predicted molar refractivity (Wildman–Crippen MR) is 167 cm³/mol. The fourth-order valence-corrected chi connectivity index (χ4v) is 6.51. The first-order valence-electron chi connectivity index (χ1n) is 14.5. The quantitative estimate of drug-likeness (QED) is 0.437. The van der Waals surface area contributed by atoms with Crippen molar-refractivity contribution in [2.24, 2.45) is 9.98 Å². The fraction of sp³-hybridized carbons (Fsp3) is 0.281. The average Bonchev–Trinajstić information content (AvgIpc) is 3.67. The molecule has 4 aliphatic rings. The second kappa shape index (κ2) is 12.0. The number of hydrogen-bond donors (Lipinski definition) is 1. The van der Waals surface area contributed by atoms with E-state index in [1.807, 2.05) is 59.5 Å². The second-order valence-electron chi connectivity index (χ2n) is 10.7. The van der Waals surface area contributed by atoms with Crippen LogP contribution in [0.1, 0.15) is 17.5 Å². The third-order valence-electron chi connectivity index (χ3n) is 7.93. The number of amidine groups is 2. The zero-order valence-corrected chi connectivity index (χ0v) is 24.7. The number of fused-ring (bicyclic) bond motifs is 4. The number of nitrogens with one attached hydrogen (secondary N) is 1. The fourth-order valence-electron chi connectivity index (χ4n) is 5.60. The summed E-state index contributed by atoms with van der Waals surface area (Å²) < 4.78 is 10.7. The smallest absolute Gasteiger partial charge is 0.259 e. The Morgan fingerprint density at radius 2 is 1.70 bits per heavy atom. The molecular formula is C32H30N6O5S. The van der Waals surface area contributed by atoms with Crippen molar-refractivity contribution in [2.75, 3.05) is 43.6 Å². The standard InChI is InChI=1S/C32H30N6O5S/c39-28(33-18-21-10-11-26-27(16-21)43-20-42-26)17-25-31(41)38-30(34-25)23-8-4-5-9-24(23)35-32(38)44-19-29(40)37-14-12-36(13-15-37)22-6-2-1-3-7-22/h1-11,16,25H,12-15,17-20H2,(H,33,39). The van der Waals surface area contributed by atoms with Gasteiger partial charge in [-0.15, -0.1) is 0 Å². The number of piperazine rings is 1. The van der Waals surface area contributed by atoms with Gasteiger partial charge in [0.05, 0.1) is 17.9 Å². The number of rotatable bonds is 7. The van der Waals surface area contributed by atoms with Gasteiger partial charge in [-0.25, -0.2) is 9.89 Å². The van der Waals surface area contributed by atoms with Crippen molar-refractivity contribution in [1.82, 2.24) is 15.1 Å². The van der Waals surface area contributed by atoms with E-state index in [-0.39, 0.29) is 43.2 Å². The molecule has 0 saturated carbocycles. The molecule has 44 heavy (non-hydrogen) atoms. The van der Waals surface area contributed by atoms with E-state index < -0.39 is 6.04 Å². The van der Waals surface area contributed by atoms with Gasteiger partial charge in [0.25, 0.3) is 5.91 Å². The van der Waals surface area contributed by atoms with Gasteiger partial charge in [-0.2, -0.15) is 0 Å². The van der Waals surface area contributed by atoms with Crippen LogP contribution in [0.25, 0.3) is 0 Å². The maximum atomic E-state index is 13.6. The lowest BCUT2D eigenvalue weighted by Crippen LogP contribution is -2.49. The van der Waals surface area contributed by atoms with Crippen LogP contribution in [0, 0.1) is 0 Å². The zero-order valence-electron chi connectivity index (χ0n) is 23.8. The number of thioether (sulfide) groups is 1. The van der Waals surface area contributed by atoms with Gasteiger partial charge in [-0.1, -0.05) is 48.2 Å². The molecule has 1 saturated heterocycles. The molecule has 7 rings (SSSR count). The normalized spacial score (nSPS) is 18.4. The van der Waals surface area contributed by atoms with Crippen LogP contribution in [0.3, 0.4) is 0 Å². The van der Waals surface area contributed by atoms with Crippen LogP contribution in [0.15, 0.2) is 82.8 Å². The Kier molecular flexibility index (Phi) is 7.65. The van der Waals surface area contributed by atoms with Gasteiger partial charge in [0.2, 0.25) is 18.6 Å². The highest BCUT2D eigenvalue weighted by Gasteiger charge is 2.42. The summed E-state index contributed by atoms with van der Waals surface area (Å²) in [4.78, 5) is 54.7. The lowest BCUT2D eigenvalue weighted by Gasteiger charge is -2.36. The van der Waals surface area contributed by atoms with Crippen molar-refractivity contribution in [3.8, 4) is 11.5 Å². The number of hydrogen-bond acceptors (Lipinski definition) is 9. The van der Waals surface area contributed by atoms with E-state index in [9.17, 15) is 14.4 Å². The minimum atomic E-state index is -0.888. The van der Waals surface area contributed by atoms with Crippen LogP contribution in [0.5, 0.6) is 11.5 Å². The first-order valence-corrected chi connectivity index (χ1v) is 15.5. The Balaban J connectivity index is 0.987. The Labute approximate surface area is 258 Å². The van der Waals surface area contributed by atoms with Crippen LogP contribution >= 0.6 is 11.8 Å². The molecule has 1 unspecified atom stereocenters. The van der Waals surface area contributed by atoms with Gasteiger partial charge in [0.1, 0.15) is 11.9 Å². The lowest BCUT2D eigenvalue weighted by molar-refractivity contribution is -0.129. The monoisotopic (exact) mass is 610 g/mol. The minimum absolute atomic E-state index is 0.00569. The molecule has 0 radical (unpaired) electrons. The van der Waals surface area contributed by atoms with E-state index in [4.69, 9.17) is 14.5 Å². The Morgan fingerprint density at radius 3 is 2.55 bits per heavy atom. The molecule has 4 heterocycles.